The highest BCUT2D eigenvalue weighted by Crippen LogP contribution is 2.22. The largest absolute Gasteiger partial charge is 0.497 e. The van der Waals surface area contributed by atoms with Crippen LogP contribution in [0.3, 0.4) is 0 Å². The van der Waals surface area contributed by atoms with Gasteiger partial charge in [-0.2, -0.15) is 0 Å². The van der Waals surface area contributed by atoms with E-state index in [4.69, 9.17) is 14.2 Å². The van der Waals surface area contributed by atoms with Gasteiger partial charge < -0.3 is 14.2 Å². The molecule has 0 bridgehead atoms. The van der Waals surface area contributed by atoms with Gasteiger partial charge in [-0.25, -0.2) is 9.07 Å². The molecule has 0 radical (unpaired) electrons. The van der Waals surface area contributed by atoms with Gasteiger partial charge in [-0.3, -0.25) is 0 Å². The van der Waals surface area contributed by atoms with Gasteiger partial charge in [-0.1, -0.05) is 5.21 Å². The zero-order chi connectivity index (χ0) is 15.2. The maximum absolute atomic E-state index is 13.9. The van der Waals surface area contributed by atoms with Crippen LogP contribution in [-0.4, -0.2) is 35.3 Å². The van der Waals surface area contributed by atoms with Gasteiger partial charge in [0.15, 0.2) is 0 Å². The number of methoxy groups -OCH3 is 1. The number of ether oxygens (including phenoxy) is 3. The number of nitrogens with zero attached hydrogens (tertiary/aromatic N) is 3. The second kappa shape index (κ2) is 7.14. The van der Waals surface area contributed by atoms with Crippen LogP contribution < -0.4 is 4.74 Å². The minimum absolute atomic E-state index is 0.250. The molecule has 0 amide bonds. The van der Waals surface area contributed by atoms with Crippen molar-refractivity contribution in [1.82, 2.24) is 15.0 Å². The van der Waals surface area contributed by atoms with Crippen molar-refractivity contribution < 1.29 is 18.6 Å². The summed E-state index contributed by atoms with van der Waals surface area (Å²) in [4.78, 5) is 0. The molecule has 0 aliphatic rings. The summed E-state index contributed by atoms with van der Waals surface area (Å²) in [6.07, 6.45) is 0.968. The van der Waals surface area contributed by atoms with Crippen molar-refractivity contribution in [2.75, 3.05) is 20.3 Å². The molecule has 1 heterocycles. The normalized spacial score (nSPS) is 11.1. The van der Waals surface area contributed by atoms with Gasteiger partial charge in [-0.05, 0) is 26.0 Å². The predicted molar refractivity (Wildman–Crippen MR) is 73.9 cm³/mol. The van der Waals surface area contributed by atoms with E-state index in [9.17, 15) is 4.39 Å². The summed E-state index contributed by atoms with van der Waals surface area (Å²) in [7, 11) is 1.52. The Morgan fingerprint density at radius 3 is 2.57 bits per heavy atom. The van der Waals surface area contributed by atoms with Crippen LogP contribution in [0.4, 0.5) is 4.39 Å². The number of benzene rings is 1. The van der Waals surface area contributed by atoms with E-state index in [0.717, 1.165) is 0 Å². The molecule has 21 heavy (non-hydrogen) atoms. The SMILES string of the molecule is CCOC(OCC)c1cn(-c2cc(OC)ccc2F)nn1. The third kappa shape index (κ3) is 3.56. The number of rotatable bonds is 7. The fourth-order valence-corrected chi connectivity index (χ4v) is 1.82. The highest BCUT2D eigenvalue weighted by Gasteiger charge is 2.17. The lowest BCUT2D eigenvalue weighted by Crippen LogP contribution is -2.09. The first-order chi connectivity index (χ1) is 10.2. The molecule has 2 aromatic rings. The second-order valence-electron chi connectivity index (χ2n) is 4.15. The number of aromatic nitrogens is 3. The fraction of sp³-hybridized carbons (Fsp3) is 0.429. The third-order valence-electron chi connectivity index (χ3n) is 2.79. The standard InChI is InChI=1S/C14H18FN3O3/c1-4-20-14(21-5-2)12-9-18(17-16-12)13-8-10(19-3)6-7-11(13)15/h6-9,14H,4-5H2,1-3H3. The van der Waals surface area contributed by atoms with Crippen LogP contribution in [0.2, 0.25) is 0 Å². The topological polar surface area (TPSA) is 58.4 Å². The number of halogens is 1. The van der Waals surface area contributed by atoms with Crippen molar-refractivity contribution in [3.05, 3.63) is 35.9 Å². The molecule has 2 rings (SSSR count). The lowest BCUT2D eigenvalue weighted by atomic mass is 10.3. The zero-order valence-electron chi connectivity index (χ0n) is 12.2. The monoisotopic (exact) mass is 295 g/mol. The quantitative estimate of drug-likeness (QED) is 0.734. The van der Waals surface area contributed by atoms with E-state index in [-0.39, 0.29) is 5.69 Å². The van der Waals surface area contributed by atoms with Gasteiger partial charge in [0.05, 0.1) is 13.3 Å². The van der Waals surface area contributed by atoms with E-state index in [1.807, 2.05) is 13.8 Å². The predicted octanol–water partition coefficient (Wildman–Crippen LogP) is 2.49. The molecule has 1 aromatic heterocycles. The summed E-state index contributed by atoms with van der Waals surface area (Å²) >= 11 is 0. The van der Waals surface area contributed by atoms with Gasteiger partial charge in [0, 0.05) is 19.3 Å². The summed E-state index contributed by atoms with van der Waals surface area (Å²) < 4.78 is 31.2. The molecular formula is C14H18FN3O3. The van der Waals surface area contributed by atoms with E-state index in [1.165, 1.54) is 17.9 Å². The molecule has 0 spiro atoms. The van der Waals surface area contributed by atoms with Crippen LogP contribution in [-0.2, 0) is 9.47 Å². The Hall–Kier alpha value is -1.99. The molecule has 0 fully saturated rings. The van der Waals surface area contributed by atoms with Crippen LogP contribution in [0.15, 0.2) is 24.4 Å². The van der Waals surface area contributed by atoms with Crippen molar-refractivity contribution in [3.63, 3.8) is 0 Å². The number of hydrogen-bond donors (Lipinski definition) is 0. The number of hydrogen-bond acceptors (Lipinski definition) is 5. The Bertz CT molecular complexity index is 583. The van der Waals surface area contributed by atoms with Crippen LogP contribution >= 0.6 is 0 Å². The van der Waals surface area contributed by atoms with Gasteiger partial charge >= 0.3 is 0 Å². The minimum atomic E-state index is -0.609. The molecule has 0 aliphatic heterocycles. The first-order valence-corrected chi connectivity index (χ1v) is 6.69. The van der Waals surface area contributed by atoms with Gasteiger partial charge in [0.2, 0.25) is 6.29 Å². The first kappa shape index (κ1) is 15.4. The van der Waals surface area contributed by atoms with Crippen molar-refractivity contribution >= 4 is 0 Å². The smallest absolute Gasteiger partial charge is 0.204 e. The average molecular weight is 295 g/mol. The Morgan fingerprint density at radius 2 is 1.95 bits per heavy atom. The first-order valence-electron chi connectivity index (χ1n) is 6.69. The minimum Gasteiger partial charge on any atom is -0.497 e. The molecular weight excluding hydrogens is 277 g/mol. The van der Waals surface area contributed by atoms with Crippen molar-refractivity contribution in [2.24, 2.45) is 0 Å². The highest BCUT2D eigenvalue weighted by atomic mass is 19.1. The lowest BCUT2D eigenvalue weighted by molar-refractivity contribution is -0.142. The molecule has 0 aliphatic carbocycles. The summed E-state index contributed by atoms with van der Waals surface area (Å²) in [6.45, 7) is 4.67. The van der Waals surface area contributed by atoms with Crippen LogP contribution in [0.1, 0.15) is 25.8 Å². The van der Waals surface area contributed by atoms with Crippen LogP contribution in [0.5, 0.6) is 5.75 Å². The van der Waals surface area contributed by atoms with Crippen molar-refractivity contribution in [2.45, 2.75) is 20.1 Å². The molecule has 7 heteroatoms. The van der Waals surface area contributed by atoms with Crippen LogP contribution in [0, 0.1) is 5.82 Å². The summed E-state index contributed by atoms with van der Waals surface area (Å²) in [5, 5.41) is 7.90. The highest BCUT2D eigenvalue weighted by molar-refractivity contribution is 5.40. The summed E-state index contributed by atoms with van der Waals surface area (Å²) in [6, 6.07) is 4.40. The Morgan fingerprint density at radius 1 is 1.24 bits per heavy atom. The van der Waals surface area contributed by atoms with Crippen molar-refractivity contribution in [3.8, 4) is 11.4 Å². The van der Waals surface area contributed by atoms with E-state index in [2.05, 4.69) is 10.3 Å². The van der Waals surface area contributed by atoms with E-state index < -0.39 is 12.1 Å². The fourth-order valence-electron chi connectivity index (χ4n) is 1.82. The second-order valence-corrected chi connectivity index (χ2v) is 4.15. The zero-order valence-corrected chi connectivity index (χ0v) is 12.2. The Balaban J connectivity index is 2.30. The molecule has 0 saturated carbocycles. The molecule has 0 N–H and O–H groups in total. The third-order valence-corrected chi connectivity index (χ3v) is 2.79. The molecule has 114 valence electrons. The molecule has 6 nitrogen and oxygen atoms in total. The summed E-state index contributed by atoms with van der Waals surface area (Å²) in [5.41, 5.74) is 0.737. The molecule has 0 unspecified atom stereocenters. The Labute approximate surface area is 122 Å². The van der Waals surface area contributed by atoms with Gasteiger partial charge in [0.25, 0.3) is 0 Å². The maximum atomic E-state index is 13.9. The van der Waals surface area contributed by atoms with Gasteiger partial charge in [0.1, 0.15) is 22.9 Å². The Kier molecular flexibility index (Phi) is 5.24. The molecule has 1 aromatic carbocycles. The summed E-state index contributed by atoms with van der Waals surface area (Å²) in [5.74, 6) is 0.117. The van der Waals surface area contributed by atoms with Crippen LogP contribution in [0.25, 0.3) is 5.69 Å². The average Bonchev–Trinajstić information content (AvgIpc) is 2.97. The molecule has 0 atom stereocenters. The van der Waals surface area contributed by atoms with Crippen molar-refractivity contribution in [1.29, 1.82) is 0 Å². The lowest BCUT2D eigenvalue weighted by Gasteiger charge is -2.13. The van der Waals surface area contributed by atoms with E-state index in [0.29, 0.717) is 24.7 Å². The molecule has 0 saturated heterocycles. The van der Waals surface area contributed by atoms with E-state index >= 15 is 0 Å². The van der Waals surface area contributed by atoms with Gasteiger partial charge in [-0.15, -0.1) is 5.10 Å². The maximum Gasteiger partial charge on any atom is 0.204 e. The van der Waals surface area contributed by atoms with E-state index in [1.54, 1.807) is 18.3 Å².